The Hall–Kier alpha value is -0.763. The van der Waals surface area contributed by atoms with E-state index in [0.717, 1.165) is 16.6 Å². The number of para-hydroxylation sites is 1. The largest absolute Gasteiger partial charge is 0.480 e. The first-order chi connectivity index (χ1) is 9.74. The van der Waals surface area contributed by atoms with Crippen molar-refractivity contribution in [1.29, 1.82) is 0 Å². The van der Waals surface area contributed by atoms with Gasteiger partial charge in [0.25, 0.3) is 0 Å². The van der Waals surface area contributed by atoms with E-state index in [1.54, 1.807) is 0 Å². The Morgan fingerprint density at radius 2 is 1.81 bits per heavy atom. The maximum Gasteiger partial charge on any atom is 0.192 e. The highest BCUT2D eigenvalue weighted by molar-refractivity contribution is 9.10. The van der Waals surface area contributed by atoms with Crippen LogP contribution in [-0.4, -0.2) is 21.5 Å². The molecule has 0 radical (unpaired) electrons. The van der Waals surface area contributed by atoms with Gasteiger partial charge in [0.15, 0.2) is 8.32 Å². The first-order valence-corrected chi connectivity index (χ1v) is 10.9. The smallest absolute Gasteiger partial charge is 0.192 e. The van der Waals surface area contributed by atoms with E-state index in [4.69, 9.17) is 9.16 Å². The van der Waals surface area contributed by atoms with Gasteiger partial charge >= 0.3 is 0 Å². The van der Waals surface area contributed by atoms with Crippen LogP contribution in [0, 0.1) is 11.8 Å². The van der Waals surface area contributed by atoms with Crippen molar-refractivity contribution in [3.8, 4) is 17.6 Å². The fourth-order valence-corrected chi connectivity index (χ4v) is 2.83. The molecule has 0 saturated heterocycles. The molecule has 0 saturated carbocycles. The van der Waals surface area contributed by atoms with Gasteiger partial charge in [-0.05, 0) is 46.2 Å². The summed E-state index contributed by atoms with van der Waals surface area (Å²) in [7, 11) is -1.64. The molecule has 0 fully saturated rings. The second-order valence-electron chi connectivity index (χ2n) is 6.43. The zero-order valence-electron chi connectivity index (χ0n) is 13.6. The Labute approximate surface area is 138 Å². The average Bonchev–Trinajstić information content (AvgIpc) is 2.38. The van der Waals surface area contributed by atoms with Gasteiger partial charge < -0.3 is 9.16 Å². The second kappa shape index (κ2) is 8.02. The summed E-state index contributed by atoms with van der Waals surface area (Å²) in [5.74, 6) is 6.96. The fourth-order valence-electron chi connectivity index (χ4n) is 1.39. The predicted molar refractivity (Wildman–Crippen MR) is 95.2 cm³/mol. The van der Waals surface area contributed by atoms with Gasteiger partial charge in [0, 0.05) is 13.0 Å². The lowest BCUT2D eigenvalue weighted by Crippen LogP contribution is -2.40. The molecule has 1 rings (SSSR count). The molecule has 1 aromatic rings. The van der Waals surface area contributed by atoms with Crippen molar-refractivity contribution >= 4 is 24.2 Å². The average molecular weight is 369 g/mol. The summed E-state index contributed by atoms with van der Waals surface area (Å²) in [4.78, 5) is 0. The minimum Gasteiger partial charge on any atom is -0.480 e. The number of ether oxygens (including phenoxy) is 1. The molecule has 0 N–H and O–H groups in total. The van der Waals surface area contributed by atoms with Crippen LogP contribution >= 0.6 is 15.9 Å². The van der Waals surface area contributed by atoms with Gasteiger partial charge in [0.05, 0.1) is 4.47 Å². The highest BCUT2D eigenvalue weighted by Gasteiger charge is 2.36. The van der Waals surface area contributed by atoms with E-state index in [1.807, 2.05) is 24.3 Å². The van der Waals surface area contributed by atoms with Crippen LogP contribution in [0.15, 0.2) is 28.7 Å². The fraction of sp³-hybridized carbons (Fsp3) is 0.529. The van der Waals surface area contributed by atoms with Gasteiger partial charge in [-0.3, -0.25) is 0 Å². The van der Waals surface area contributed by atoms with Gasteiger partial charge in [-0.15, -0.1) is 0 Å². The van der Waals surface area contributed by atoms with E-state index < -0.39 is 8.32 Å². The number of benzene rings is 1. The van der Waals surface area contributed by atoms with Crippen molar-refractivity contribution in [2.75, 3.05) is 13.2 Å². The van der Waals surface area contributed by atoms with Crippen molar-refractivity contribution in [1.82, 2.24) is 0 Å². The summed E-state index contributed by atoms with van der Waals surface area (Å²) in [6.45, 7) is 12.4. The lowest BCUT2D eigenvalue weighted by Gasteiger charge is -2.35. The topological polar surface area (TPSA) is 18.5 Å². The molecule has 0 unspecified atom stereocenters. The van der Waals surface area contributed by atoms with Gasteiger partial charge in [0.2, 0.25) is 0 Å². The lowest BCUT2D eigenvalue weighted by molar-refractivity contribution is 0.296. The summed E-state index contributed by atoms with van der Waals surface area (Å²) in [6.07, 6.45) is 0.756. The Balaban J connectivity index is 2.28. The third-order valence-electron chi connectivity index (χ3n) is 3.76. The Bertz CT molecular complexity index is 510. The molecule has 0 aliphatic heterocycles. The first-order valence-electron chi connectivity index (χ1n) is 7.21. The SMILES string of the molecule is CC(C)(C)[Si](C)(C)OCCC#CCOc1ccccc1Br. The molecular weight excluding hydrogens is 344 g/mol. The number of hydrogen-bond donors (Lipinski definition) is 0. The quantitative estimate of drug-likeness (QED) is 0.401. The van der Waals surface area contributed by atoms with E-state index >= 15 is 0 Å². The Kier molecular flexibility index (Phi) is 6.99. The maximum atomic E-state index is 6.07. The molecule has 0 amide bonds. The van der Waals surface area contributed by atoms with Crippen molar-refractivity contribution < 1.29 is 9.16 Å². The predicted octanol–water partition coefficient (Wildman–Crippen LogP) is 5.24. The Morgan fingerprint density at radius 1 is 1.14 bits per heavy atom. The minimum absolute atomic E-state index is 0.253. The standard InChI is InChI=1S/C17H25BrO2Si/c1-17(2,3)21(4,5)20-14-10-6-9-13-19-16-12-8-7-11-15(16)18/h7-8,11-12H,10,13-14H2,1-5H3. The van der Waals surface area contributed by atoms with Crippen LogP contribution in [0.2, 0.25) is 18.1 Å². The van der Waals surface area contributed by atoms with Crippen LogP contribution in [0.5, 0.6) is 5.75 Å². The molecule has 0 aliphatic rings. The first kappa shape index (κ1) is 18.3. The summed E-state index contributed by atoms with van der Waals surface area (Å²) in [5.41, 5.74) is 0. The molecule has 0 aliphatic carbocycles. The van der Waals surface area contributed by atoms with Crippen molar-refractivity contribution in [3.63, 3.8) is 0 Å². The van der Waals surface area contributed by atoms with Crippen LogP contribution < -0.4 is 4.74 Å². The maximum absolute atomic E-state index is 6.07. The third-order valence-corrected chi connectivity index (χ3v) is 8.95. The summed E-state index contributed by atoms with van der Waals surface area (Å²) >= 11 is 3.44. The minimum atomic E-state index is -1.64. The molecule has 4 heteroatoms. The van der Waals surface area contributed by atoms with Crippen molar-refractivity contribution in [2.45, 2.75) is 45.3 Å². The molecule has 2 nitrogen and oxygen atoms in total. The Morgan fingerprint density at radius 3 is 2.43 bits per heavy atom. The number of hydrogen-bond acceptors (Lipinski definition) is 2. The van der Waals surface area contributed by atoms with Crippen LogP contribution in [0.3, 0.4) is 0 Å². The normalized spacial score (nSPS) is 11.7. The monoisotopic (exact) mass is 368 g/mol. The van der Waals surface area contributed by atoms with Crippen LogP contribution in [-0.2, 0) is 4.43 Å². The highest BCUT2D eigenvalue weighted by Crippen LogP contribution is 2.36. The number of rotatable bonds is 5. The summed E-state index contributed by atoms with van der Waals surface area (Å²) < 4.78 is 12.6. The summed E-state index contributed by atoms with van der Waals surface area (Å²) in [5, 5.41) is 0.253. The van der Waals surface area contributed by atoms with E-state index in [0.29, 0.717) is 13.2 Å². The second-order valence-corrected chi connectivity index (χ2v) is 12.1. The molecule has 0 spiro atoms. The van der Waals surface area contributed by atoms with Crippen LogP contribution in [0.25, 0.3) is 0 Å². The third kappa shape index (κ3) is 6.25. The number of halogens is 1. The molecule has 21 heavy (non-hydrogen) atoms. The molecule has 0 bridgehead atoms. The van der Waals surface area contributed by atoms with Gasteiger partial charge in [-0.2, -0.15) is 0 Å². The highest BCUT2D eigenvalue weighted by atomic mass is 79.9. The van der Waals surface area contributed by atoms with Crippen molar-refractivity contribution in [2.24, 2.45) is 0 Å². The van der Waals surface area contributed by atoms with Gasteiger partial charge in [-0.25, -0.2) is 0 Å². The van der Waals surface area contributed by atoms with Crippen LogP contribution in [0.4, 0.5) is 0 Å². The van der Waals surface area contributed by atoms with Gasteiger partial charge in [-0.1, -0.05) is 44.7 Å². The lowest BCUT2D eigenvalue weighted by atomic mass is 10.2. The van der Waals surface area contributed by atoms with Crippen molar-refractivity contribution in [3.05, 3.63) is 28.7 Å². The van der Waals surface area contributed by atoms with Gasteiger partial charge in [0.1, 0.15) is 12.4 Å². The molecule has 116 valence electrons. The van der Waals surface area contributed by atoms with E-state index in [9.17, 15) is 0 Å². The molecule has 1 aromatic carbocycles. The van der Waals surface area contributed by atoms with E-state index in [-0.39, 0.29) is 5.04 Å². The van der Waals surface area contributed by atoms with Crippen LogP contribution in [0.1, 0.15) is 27.2 Å². The summed E-state index contributed by atoms with van der Waals surface area (Å²) in [6, 6.07) is 7.78. The zero-order valence-corrected chi connectivity index (χ0v) is 16.2. The zero-order chi connectivity index (χ0) is 15.9. The molecular formula is C17H25BrO2Si. The molecule has 0 atom stereocenters. The molecule has 0 heterocycles. The van der Waals surface area contributed by atoms with E-state index in [1.165, 1.54) is 0 Å². The van der Waals surface area contributed by atoms with E-state index in [2.05, 4.69) is 61.6 Å². The molecule has 0 aromatic heterocycles.